The van der Waals surface area contributed by atoms with Gasteiger partial charge in [-0.3, -0.25) is 9.36 Å². The second-order valence-electron chi connectivity index (χ2n) is 6.17. The summed E-state index contributed by atoms with van der Waals surface area (Å²) in [6.07, 6.45) is 5.35. The van der Waals surface area contributed by atoms with Gasteiger partial charge in [0.15, 0.2) is 0 Å². The molecule has 3 unspecified atom stereocenters. The fraction of sp³-hybridized carbons (Fsp3) is 0.733. The molecule has 1 heterocycles. The van der Waals surface area contributed by atoms with Gasteiger partial charge in [0.25, 0.3) is 5.56 Å². The van der Waals surface area contributed by atoms with Gasteiger partial charge in [-0.2, -0.15) is 0 Å². The first-order valence-corrected chi connectivity index (χ1v) is 7.40. The second kappa shape index (κ2) is 5.95. The van der Waals surface area contributed by atoms with Gasteiger partial charge in [-0.25, -0.2) is 4.79 Å². The Hall–Kier alpha value is -1.36. The third kappa shape index (κ3) is 2.87. The summed E-state index contributed by atoms with van der Waals surface area (Å²) in [5.41, 5.74) is 0.176. The van der Waals surface area contributed by atoms with Gasteiger partial charge in [0.2, 0.25) is 0 Å². The summed E-state index contributed by atoms with van der Waals surface area (Å²) in [5, 5.41) is 3.50. The van der Waals surface area contributed by atoms with Crippen LogP contribution in [0, 0.1) is 11.8 Å². The summed E-state index contributed by atoms with van der Waals surface area (Å²) in [4.78, 5) is 23.7. The fourth-order valence-corrected chi connectivity index (χ4v) is 3.12. The number of hydrogen-bond acceptors (Lipinski definition) is 3. The van der Waals surface area contributed by atoms with Crippen LogP contribution >= 0.6 is 0 Å². The van der Waals surface area contributed by atoms with Crippen molar-refractivity contribution in [2.45, 2.75) is 45.7 Å². The summed E-state index contributed by atoms with van der Waals surface area (Å²) in [6.45, 7) is 5.10. The molecular weight excluding hydrogens is 254 g/mol. The highest BCUT2D eigenvalue weighted by Crippen LogP contribution is 2.29. The SMILES string of the molecule is CC1CCCC(NCc2cn(C)c(=O)n(C)c2=O)C1C. The summed E-state index contributed by atoms with van der Waals surface area (Å²) >= 11 is 0. The van der Waals surface area contributed by atoms with Crippen LogP contribution in [0.3, 0.4) is 0 Å². The number of rotatable bonds is 3. The standard InChI is InChI=1S/C15H25N3O2/c1-10-6-5-7-13(11(10)2)16-8-12-9-17(3)15(20)18(4)14(12)19/h9-11,13,16H,5-8H2,1-4H3. The molecule has 0 saturated heterocycles. The Balaban J connectivity index is 2.12. The second-order valence-corrected chi connectivity index (χ2v) is 6.17. The minimum Gasteiger partial charge on any atom is -0.309 e. The van der Waals surface area contributed by atoms with Gasteiger partial charge >= 0.3 is 5.69 Å². The van der Waals surface area contributed by atoms with E-state index in [4.69, 9.17) is 0 Å². The molecule has 1 aromatic rings. The molecule has 0 spiro atoms. The number of aryl methyl sites for hydroxylation is 1. The average molecular weight is 279 g/mol. The Kier molecular flexibility index (Phi) is 4.48. The molecule has 1 aliphatic carbocycles. The van der Waals surface area contributed by atoms with Crippen LogP contribution in [0.25, 0.3) is 0 Å². The maximum absolute atomic E-state index is 12.1. The summed E-state index contributed by atoms with van der Waals surface area (Å²) in [6, 6.07) is 0.459. The number of aromatic nitrogens is 2. The van der Waals surface area contributed by atoms with Gasteiger partial charge < -0.3 is 9.88 Å². The van der Waals surface area contributed by atoms with Crippen molar-refractivity contribution < 1.29 is 0 Å². The Morgan fingerprint density at radius 1 is 1.25 bits per heavy atom. The molecule has 0 aliphatic heterocycles. The van der Waals surface area contributed by atoms with Crippen molar-refractivity contribution in [2.24, 2.45) is 25.9 Å². The van der Waals surface area contributed by atoms with Gasteiger partial charge in [-0.1, -0.05) is 26.7 Å². The van der Waals surface area contributed by atoms with Crippen LogP contribution in [-0.2, 0) is 20.6 Å². The van der Waals surface area contributed by atoms with E-state index in [1.54, 1.807) is 13.2 Å². The quantitative estimate of drug-likeness (QED) is 0.898. The molecule has 5 heteroatoms. The maximum atomic E-state index is 12.1. The average Bonchev–Trinajstić information content (AvgIpc) is 2.43. The van der Waals surface area contributed by atoms with Crippen molar-refractivity contribution in [3.8, 4) is 0 Å². The van der Waals surface area contributed by atoms with Crippen molar-refractivity contribution in [2.75, 3.05) is 0 Å². The van der Waals surface area contributed by atoms with E-state index in [9.17, 15) is 9.59 Å². The Morgan fingerprint density at radius 3 is 2.65 bits per heavy atom. The van der Waals surface area contributed by atoms with Crippen LogP contribution in [0.15, 0.2) is 15.8 Å². The van der Waals surface area contributed by atoms with Crippen LogP contribution in [-0.4, -0.2) is 15.2 Å². The molecule has 1 aromatic heterocycles. The summed E-state index contributed by atoms with van der Waals surface area (Å²) in [7, 11) is 3.20. The first kappa shape index (κ1) is 15.0. The third-order valence-corrected chi connectivity index (χ3v) is 4.78. The van der Waals surface area contributed by atoms with E-state index in [0.29, 0.717) is 24.1 Å². The van der Waals surface area contributed by atoms with Gasteiger partial charge in [-0.05, 0) is 18.3 Å². The minimum absolute atomic E-state index is 0.197. The minimum atomic E-state index is -0.279. The van der Waals surface area contributed by atoms with Gasteiger partial charge in [0.05, 0.1) is 0 Å². The van der Waals surface area contributed by atoms with E-state index in [1.807, 2.05) is 0 Å². The predicted octanol–water partition coefficient (Wildman–Crippen LogP) is 0.998. The molecule has 2 rings (SSSR count). The summed E-state index contributed by atoms with van der Waals surface area (Å²) < 4.78 is 2.63. The van der Waals surface area contributed by atoms with E-state index in [-0.39, 0.29) is 11.2 Å². The Morgan fingerprint density at radius 2 is 1.95 bits per heavy atom. The lowest BCUT2D eigenvalue weighted by atomic mass is 9.78. The van der Waals surface area contributed by atoms with Crippen molar-refractivity contribution in [1.82, 2.24) is 14.5 Å². The van der Waals surface area contributed by atoms with Gasteiger partial charge in [0, 0.05) is 38.4 Å². The zero-order chi connectivity index (χ0) is 14.9. The van der Waals surface area contributed by atoms with Gasteiger partial charge in [-0.15, -0.1) is 0 Å². The number of nitrogens with one attached hydrogen (secondary N) is 1. The topological polar surface area (TPSA) is 56.0 Å². The normalized spacial score (nSPS) is 26.7. The number of hydrogen-bond donors (Lipinski definition) is 1. The van der Waals surface area contributed by atoms with Crippen molar-refractivity contribution in [3.05, 3.63) is 32.6 Å². The molecule has 0 aromatic carbocycles. The Labute approximate surface area is 119 Å². The van der Waals surface area contributed by atoms with Crippen molar-refractivity contribution >= 4 is 0 Å². The van der Waals surface area contributed by atoms with Crippen molar-refractivity contribution in [1.29, 1.82) is 0 Å². The molecule has 0 amide bonds. The number of nitrogens with zero attached hydrogens (tertiary/aromatic N) is 2. The molecule has 1 N–H and O–H groups in total. The molecule has 1 aliphatic rings. The molecule has 5 nitrogen and oxygen atoms in total. The van der Waals surface area contributed by atoms with Gasteiger partial charge in [0.1, 0.15) is 0 Å². The monoisotopic (exact) mass is 279 g/mol. The van der Waals surface area contributed by atoms with Crippen molar-refractivity contribution in [3.63, 3.8) is 0 Å². The van der Waals surface area contributed by atoms with E-state index in [0.717, 1.165) is 12.3 Å². The molecule has 20 heavy (non-hydrogen) atoms. The third-order valence-electron chi connectivity index (χ3n) is 4.78. The molecule has 0 bridgehead atoms. The first-order chi connectivity index (χ1) is 9.41. The van der Waals surface area contributed by atoms with E-state index in [2.05, 4.69) is 19.2 Å². The molecule has 0 radical (unpaired) electrons. The Bertz CT molecular complexity index is 588. The molecular formula is C15H25N3O2. The zero-order valence-electron chi connectivity index (χ0n) is 12.8. The van der Waals surface area contributed by atoms with Crippen LogP contribution in [0.2, 0.25) is 0 Å². The highest BCUT2D eigenvalue weighted by Gasteiger charge is 2.26. The van der Waals surface area contributed by atoms with E-state index < -0.39 is 0 Å². The lowest BCUT2D eigenvalue weighted by Gasteiger charge is -2.34. The first-order valence-electron chi connectivity index (χ1n) is 7.40. The predicted molar refractivity (Wildman–Crippen MR) is 79.7 cm³/mol. The van der Waals surface area contributed by atoms with Crippen LogP contribution < -0.4 is 16.6 Å². The van der Waals surface area contributed by atoms with Crippen LogP contribution in [0.1, 0.15) is 38.7 Å². The molecule has 3 atom stereocenters. The zero-order valence-corrected chi connectivity index (χ0v) is 12.8. The largest absolute Gasteiger partial charge is 0.330 e. The van der Waals surface area contributed by atoms with E-state index >= 15 is 0 Å². The highest BCUT2D eigenvalue weighted by atomic mass is 16.2. The lowest BCUT2D eigenvalue weighted by Crippen LogP contribution is -2.43. The summed E-state index contributed by atoms with van der Waals surface area (Å²) in [5.74, 6) is 1.35. The highest BCUT2D eigenvalue weighted by molar-refractivity contribution is 5.05. The smallest absolute Gasteiger partial charge is 0.309 e. The molecule has 112 valence electrons. The van der Waals surface area contributed by atoms with E-state index in [1.165, 1.54) is 29.0 Å². The molecule has 1 fully saturated rings. The van der Waals surface area contributed by atoms with Crippen LogP contribution in [0.4, 0.5) is 0 Å². The maximum Gasteiger partial charge on any atom is 0.330 e. The fourth-order valence-electron chi connectivity index (χ4n) is 3.12. The van der Waals surface area contributed by atoms with Crippen LogP contribution in [0.5, 0.6) is 0 Å². The lowest BCUT2D eigenvalue weighted by molar-refractivity contribution is 0.205. The molecule has 1 saturated carbocycles.